The van der Waals surface area contributed by atoms with E-state index in [1.165, 1.54) is 43.5 Å². The smallest absolute Gasteiger partial charge is 0.313 e. The second-order valence-corrected chi connectivity index (χ2v) is 5.79. The van der Waals surface area contributed by atoms with Crippen molar-refractivity contribution in [3.8, 4) is 16.9 Å². The number of esters is 2. The molecule has 0 aliphatic heterocycles. The molecule has 1 atom stereocenters. The molecule has 1 N–H and O–H groups in total. The summed E-state index contributed by atoms with van der Waals surface area (Å²) in [5.74, 6) is -2.90. The summed E-state index contributed by atoms with van der Waals surface area (Å²) >= 11 is 0. The third kappa shape index (κ3) is 4.32. The molecule has 0 amide bonds. The number of benzene rings is 2. The van der Waals surface area contributed by atoms with E-state index >= 15 is 0 Å². The van der Waals surface area contributed by atoms with E-state index in [9.17, 15) is 29.6 Å². The molecule has 9 nitrogen and oxygen atoms in total. The number of rotatable bonds is 7. The van der Waals surface area contributed by atoms with Gasteiger partial charge in [0.25, 0.3) is 5.69 Å². The molecule has 28 heavy (non-hydrogen) atoms. The van der Waals surface area contributed by atoms with E-state index < -0.39 is 28.5 Å². The maximum absolute atomic E-state index is 12.2. The normalized spacial score (nSPS) is 11.4. The van der Waals surface area contributed by atoms with Crippen molar-refractivity contribution in [3.05, 3.63) is 57.6 Å². The predicted molar refractivity (Wildman–Crippen MR) is 97.0 cm³/mol. The molecule has 9 heteroatoms. The fraction of sp³-hybridized carbons (Fsp3) is 0.211. The highest BCUT2D eigenvalue weighted by Gasteiger charge is 2.27. The van der Waals surface area contributed by atoms with Crippen LogP contribution in [0.1, 0.15) is 28.3 Å². The molecule has 0 saturated heterocycles. The number of phenolic OH excluding ortho intramolecular Hbond substituents is 1. The third-order valence-electron chi connectivity index (χ3n) is 4.14. The summed E-state index contributed by atoms with van der Waals surface area (Å²) in [6.45, 7) is 0. The van der Waals surface area contributed by atoms with Crippen LogP contribution in [0.2, 0.25) is 0 Å². The maximum Gasteiger partial charge on any atom is 0.313 e. The zero-order valence-electron chi connectivity index (χ0n) is 15.1. The highest BCUT2D eigenvalue weighted by molar-refractivity contribution is 5.90. The first kappa shape index (κ1) is 20.6. The Labute approximate surface area is 159 Å². The molecule has 0 heterocycles. The van der Waals surface area contributed by atoms with Crippen molar-refractivity contribution in [2.75, 3.05) is 14.2 Å². The van der Waals surface area contributed by atoms with E-state index in [4.69, 9.17) is 4.74 Å². The molecule has 0 bridgehead atoms. The number of aldehydes is 1. The average Bonchev–Trinajstić information content (AvgIpc) is 2.71. The molecule has 0 aliphatic rings. The van der Waals surface area contributed by atoms with Crippen LogP contribution in [0.15, 0.2) is 36.4 Å². The number of aromatic hydroxyl groups is 1. The summed E-state index contributed by atoms with van der Waals surface area (Å²) in [4.78, 5) is 45.7. The lowest BCUT2D eigenvalue weighted by Gasteiger charge is -2.17. The van der Waals surface area contributed by atoms with Gasteiger partial charge in [0.1, 0.15) is 5.75 Å². The molecule has 1 unspecified atom stereocenters. The molecule has 0 spiro atoms. The van der Waals surface area contributed by atoms with Gasteiger partial charge in [0, 0.05) is 17.7 Å². The molecule has 0 radical (unpaired) electrons. The van der Waals surface area contributed by atoms with E-state index in [0.717, 1.165) is 7.11 Å². The van der Waals surface area contributed by atoms with Gasteiger partial charge in [0.05, 0.1) is 37.0 Å². The summed E-state index contributed by atoms with van der Waals surface area (Å²) in [6.07, 6.45) is 0.0345. The van der Waals surface area contributed by atoms with Crippen LogP contribution in [0.3, 0.4) is 0 Å². The number of non-ortho nitro benzene ring substituents is 1. The number of nitrogens with zero attached hydrogens (tertiary/aromatic N) is 1. The van der Waals surface area contributed by atoms with Crippen LogP contribution in [-0.2, 0) is 19.1 Å². The monoisotopic (exact) mass is 387 g/mol. The molecule has 2 aromatic rings. The Bertz CT molecular complexity index is 938. The van der Waals surface area contributed by atoms with Crippen molar-refractivity contribution in [2.45, 2.75) is 12.3 Å². The first-order valence-electron chi connectivity index (χ1n) is 8.03. The number of phenols is 1. The number of carbonyl (C=O) groups excluding carboxylic acids is 3. The number of ether oxygens (including phenoxy) is 2. The number of methoxy groups -OCH3 is 2. The summed E-state index contributed by atoms with van der Waals surface area (Å²) < 4.78 is 9.32. The van der Waals surface area contributed by atoms with Gasteiger partial charge in [-0.15, -0.1) is 0 Å². The van der Waals surface area contributed by atoms with Gasteiger partial charge in [-0.25, -0.2) is 0 Å². The van der Waals surface area contributed by atoms with Crippen LogP contribution in [0.4, 0.5) is 5.69 Å². The third-order valence-corrected chi connectivity index (χ3v) is 4.14. The van der Waals surface area contributed by atoms with Crippen molar-refractivity contribution in [2.24, 2.45) is 0 Å². The average molecular weight is 387 g/mol. The van der Waals surface area contributed by atoms with Crippen LogP contribution in [0.25, 0.3) is 11.1 Å². The Morgan fingerprint density at radius 2 is 1.93 bits per heavy atom. The summed E-state index contributed by atoms with van der Waals surface area (Å²) in [7, 11) is 2.31. The minimum Gasteiger partial charge on any atom is -0.507 e. The molecule has 0 aromatic heterocycles. The first-order chi connectivity index (χ1) is 13.3. The van der Waals surface area contributed by atoms with Crippen molar-refractivity contribution in [1.82, 2.24) is 0 Å². The Morgan fingerprint density at radius 1 is 1.21 bits per heavy atom. The van der Waals surface area contributed by atoms with Gasteiger partial charge < -0.3 is 14.6 Å². The minimum absolute atomic E-state index is 0.0991. The van der Waals surface area contributed by atoms with Gasteiger partial charge in [-0.3, -0.25) is 24.5 Å². The molecule has 146 valence electrons. The highest BCUT2D eigenvalue weighted by Crippen LogP contribution is 2.37. The lowest BCUT2D eigenvalue weighted by molar-refractivity contribution is -0.384. The van der Waals surface area contributed by atoms with Crippen LogP contribution < -0.4 is 0 Å². The van der Waals surface area contributed by atoms with Gasteiger partial charge >= 0.3 is 11.9 Å². The lowest BCUT2D eigenvalue weighted by atomic mass is 9.90. The van der Waals surface area contributed by atoms with Gasteiger partial charge in [0.15, 0.2) is 6.29 Å². The summed E-state index contributed by atoms with van der Waals surface area (Å²) in [5, 5.41) is 21.4. The van der Waals surface area contributed by atoms with Gasteiger partial charge in [0.2, 0.25) is 0 Å². The SMILES string of the molecule is COC(=O)CC(C(=O)OC)c1cc(C=O)c(O)c(-c2cccc([N+](=O)[O-])c2)c1. The van der Waals surface area contributed by atoms with Crippen LogP contribution in [0.5, 0.6) is 5.75 Å². The topological polar surface area (TPSA) is 133 Å². The molecule has 0 saturated carbocycles. The predicted octanol–water partition coefficient (Wildman–Crippen LogP) is 2.60. The minimum atomic E-state index is -1.09. The van der Waals surface area contributed by atoms with E-state index in [1.807, 2.05) is 0 Å². The Morgan fingerprint density at radius 3 is 2.50 bits per heavy atom. The molecule has 2 aromatic carbocycles. The van der Waals surface area contributed by atoms with Crippen LogP contribution >= 0.6 is 0 Å². The lowest BCUT2D eigenvalue weighted by Crippen LogP contribution is -2.19. The number of hydrogen-bond donors (Lipinski definition) is 1. The largest absolute Gasteiger partial charge is 0.507 e. The number of carbonyl (C=O) groups is 3. The molecular formula is C19H17NO8. The fourth-order valence-electron chi connectivity index (χ4n) is 2.71. The van der Waals surface area contributed by atoms with Crippen molar-refractivity contribution in [3.63, 3.8) is 0 Å². The molecular weight excluding hydrogens is 370 g/mol. The highest BCUT2D eigenvalue weighted by atomic mass is 16.6. The standard InChI is InChI=1S/C19H17NO8/c1-27-17(22)9-16(19(24)28-2)12-6-13(10-21)18(23)15(8-12)11-4-3-5-14(7-11)20(25)26/h3-8,10,16,23H,9H2,1-2H3. The zero-order chi connectivity index (χ0) is 20.8. The summed E-state index contributed by atoms with van der Waals surface area (Å²) in [5.41, 5.74) is 0.228. The zero-order valence-corrected chi connectivity index (χ0v) is 15.1. The maximum atomic E-state index is 12.2. The van der Waals surface area contributed by atoms with E-state index in [-0.39, 0.29) is 34.4 Å². The number of nitro benzene ring substituents is 1. The van der Waals surface area contributed by atoms with Crippen molar-refractivity contribution >= 4 is 23.9 Å². The first-order valence-corrected chi connectivity index (χ1v) is 8.03. The second-order valence-electron chi connectivity index (χ2n) is 5.79. The quantitative estimate of drug-likeness (QED) is 0.332. The molecule has 2 rings (SSSR count). The molecule has 0 aliphatic carbocycles. The van der Waals surface area contributed by atoms with Crippen LogP contribution in [-0.4, -0.2) is 42.5 Å². The summed E-state index contributed by atoms with van der Waals surface area (Å²) in [6, 6.07) is 8.07. The van der Waals surface area contributed by atoms with Crippen LogP contribution in [0, 0.1) is 10.1 Å². The van der Waals surface area contributed by atoms with Crippen molar-refractivity contribution < 1.29 is 33.9 Å². The molecule has 0 fully saturated rings. The van der Waals surface area contributed by atoms with E-state index in [2.05, 4.69) is 4.74 Å². The van der Waals surface area contributed by atoms with Gasteiger partial charge in [-0.1, -0.05) is 12.1 Å². The number of nitro groups is 1. The number of hydrogen-bond acceptors (Lipinski definition) is 8. The Kier molecular flexibility index (Phi) is 6.43. The van der Waals surface area contributed by atoms with Gasteiger partial charge in [-0.05, 0) is 23.3 Å². The Balaban J connectivity index is 2.67. The second kappa shape index (κ2) is 8.76. The van der Waals surface area contributed by atoms with E-state index in [1.54, 1.807) is 0 Å². The van der Waals surface area contributed by atoms with Gasteiger partial charge in [-0.2, -0.15) is 0 Å². The Hall–Kier alpha value is -3.75. The fourth-order valence-corrected chi connectivity index (χ4v) is 2.71. The van der Waals surface area contributed by atoms with E-state index in [0.29, 0.717) is 6.29 Å². The van der Waals surface area contributed by atoms with Crippen molar-refractivity contribution in [1.29, 1.82) is 0 Å².